The fourth-order valence-corrected chi connectivity index (χ4v) is 3.65. The first kappa shape index (κ1) is 12.3. The molecule has 168 valence electrons. The van der Waals surface area contributed by atoms with Crippen molar-refractivity contribution in [3.63, 3.8) is 0 Å². The van der Waals surface area contributed by atoms with Crippen LogP contribution in [0.2, 0.25) is 0 Å². The molecule has 0 radical (unpaired) electrons. The number of hydrogen-bond acceptors (Lipinski definition) is 6. The number of nitrogens with zero attached hydrogens (tertiary/aromatic N) is 1. The van der Waals surface area contributed by atoms with Crippen LogP contribution >= 0.6 is 0 Å². The normalized spacial score (nSPS) is 39.0. The Hall–Kier alpha value is -1.79. The first-order chi connectivity index (χ1) is 18.4. The molecule has 2 aliphatic rings. The topological polar surface area (TPSA) is 74.0 Å². The van der Waals surface area contributed by atoms with Crippen molar-refractivity contribution in [1.29, 1.82) is 0 Å². The molecule has 2 N–H and O–H groups in total. The molecule has 6 nitrogen and oxygen atoms in total. The van der Waals surface area contributed by atoms with Crippen LogP contribution in [-0.2, 0) is 15.9 Å². The maximum Gasteiger partial charge on any atom is 0.323 e. The lowest BCUT2D eigenvalue weighted by Crippen LogP contribution is -2.51. The van der Waals surface area contributed by atoms with Crippen molar-refractivity contribution >= 4 is 5.97 Å². The Bertz CT molecular complexity index is 1170. The highest BCUT2D eigenvalue weighted by Gasteiger charge is 2.41. The first-order valence-corrected chi connectivity index (χ1v) is 9.94. The van der Waals surface area contributed by atoms with E-state index in [0.29, 0.717) is 0 Å². The Labute approximate surface area is 196 Å². The SMILES string of the molecule is [2H]C1(OC(=O)[C@@H](N)C(C)C)CC2c3cc(OC)c(OC)cc3C([2H])([2H])C([2H])([2H])N2CC1C([2H])([2H])C([2H])(C)C([2H])([2H])[2H]. The highest BCUT2D eigenvalue weighted by Crippen LogP contribution is 2.44. The minimum Gasteiger partial charge on any atom is -0.493 e. The fraction of sp³-hybridized carbons (Fsp3) is 0.708. The zero-order valence-corrected chi connectivity index (χ0v) is 18.0. The van der Waals surface area contributed by atoms with Gasteiger partial charge in [0.05, 0.1) is 15.6 Å². The zero-order chi connectivity index (χ0) is 31.7. The molecule has 6 heteroatoms. The second kappa shape index (κ2) is 9.56. The Morgan fingerprint density at radius 3 is 2.73 bits per heavy atom. The molecular weight excluding hydrogens is 380 g/mol. The Morgan fingerprint density at radius 2 is 2.10 bits per heavy atom. The maximum atomic E-state index is 13.1. The monoisotopic (exact) mass is 429 g/mol. The van der Waals surface area contributed by atoms with Gasteiger partial charge in [0.2, 0.25) is 0 Å². The van der Waals surface area contributed by atoms with Crippen molar-refractivity contribution in [2.45, 2.75) is 65.0 Å². The van der Waals surface area contributed by atoms with E-state index in [1.165, 1.54) is 26.4 Å². The van der Waals surface area contributed by atoms with Gasteiger partial charge in [0, 0.05) is 45.1 Å². The Morgan fingerprint density at radius 1 is 1.40 bits per heavy atom. The van der Waals surface area contributed by atoms with Crippen LogP contribution in [0.25, 0.3) is 0 Å². The van der Waals surface area contributed by atoms with Crippen LogP contribution < -0.4 is 15.2 Å². The number of esters is 1. The van der Waals surface area contributed by atoms with E-state index in [2.05, 4.69) is 0 Å². The highest BCUT2D eigenvalue weighted by molar-refractivity contribution is 5.76. The molecule has 3 rings (SSSR count). The molecule has 0 saturated carbocycles. The lowest BCUT2D eigenvalue weighted by molar-refractivity contribution is -0.160. The van der Waals surface area contributed by atoms with Crippen LogP contribution in [-0.4, -0.2) is 50.3 Å². The van der Waals surface area contributed by atoms with E-state index in [1.807, 2.05) is 0 Å². The summed E-state index contributed by atoms with van der Waals surface area (Å²) in [6.45, 7) is -2.60. The molecule has 1 aromatic rings. The molecule has 1 aromatic carbocycles. The van der Waals surface area contributed by atoms with E-state index >= 15 is 0 Å². The molecular formula is C24H38N2O4. The number of piperidine rings is 1. The summed E-state index contributed by atoms with van der Waals surface area (Å²) in [4.78, 5) is 14.1. The Kier molecular flexibility index (Phi) is 3.92. The summed E-state index contributed by atoms with van der Waals surface area (Å²) in [6.07, 6.45) is -8.86. The van der Waals surface area contributed by atoms with E-state index in [1.54, 1.807) is 13.8 Å². The van der Waals surface area contributed by atoms with Crippen LogP contribution in [0.1, 0.15) is 72.7 Å². The number of ether oxygens (including phenoxy) is 3. The van der Waals surface area contributed by atoms with Crippen LogP contribution in [0.5, 0.6) is 11.5 Å². The van der Waals surface area contributed by atoms with Gasteiger partial charge in [-0.3, -0.25) is 9.69 Å². The van der Waals surface area contributed by atoms with Gasteiger partial charge in [-0.2, -0.15) is 0 Å². The molecule has 0 aliphatic carbocycles. The summed E-state index contributed by atoms with van der Waals surface area (Å²) in [5, 5.41) is 0. The molecule has 30 heavy (non-hydrogen) atoms. The number of nitrogens with two attached hydrogens (primary N) is 1. The molecule has 2 heterocycles. The first-order valence-electron chi connectivity index (χ1n) is 15.4. The number of rotatable bonds is 7. The van der Waals surface area contributed by atoms with Crippen molar-refractivity contribution < 1.29 is 34.1 Å². The zero-order valence-electron chi connectivity index (χ0n) is 29.0. The third-order valence-electron chi connectivity index (χ3n) is 5.40. The van der Waals surface area contributed by atoms with Crippen molar-refractivity contribution in [3.05, 3.63) is 23.3 Å². The van der Waals surface area contributed by atoms with Crippen molar-refractivity contribution in [2.24, 2.45) is 23.5 Å². The summed E-state index contributed by atoms with van der Waals surface area (Å²) < 4.78 is 111. The van der Waals surface area contributed by atoms with Gasteiger partial charge in [-0.05, 0) is 47.8 Å². The van der Waals surface area contributed by atoms with E-state index in [9.17, 15) is 6.17 Å². The molecule has 5 atom stereocenters. The van der Waals surface area contributed by atoms with E-state index in [0.717, 1.165) is 11.8 Å². The largest absolute Gasteiger partial charge is 0.493 e. The number of carbonyl (C=O) groups is 1. The van der Waals surface area contributed by atoms with Gasteiger partial charge in [-0.1, -0.05) is 27.6 Å². The lowest BCUT2D eigenvalue weighted by Gasteiger charge is -2.47. The van der Waals surface area contributed by atoms with Crippen LogP contribution in [0.3, 0.4) is 0 Å². The average Bonchev–Trinajstić information content (AvgIpc) is 2.84. The molecule has 2 aliphatic heterocycles. The number of carbonyl (C=O) groups excluding carboxylic acids is 1. The average molecular weight is 430 g/mol. The van der Waals surface area contributed by atoms with E-state index < -0.39 is 80.9 Å². The number of benzene rings is 1. The van der Waals surface area contributed by atoms with E-state index in [4.69, 9.17) is 33.7 Å². The van der Waals surface area contributed by atoms with Crippen molar-refractivity contribution in [3.8, 4) is 11.5 Å². The molecule has 0 bridgehead atoms. The van der Waals surface area contributed by atoms with Gasteiger partial charge in [0.25, 0.3) is 0 Å². The van der Waals surface area contributed by atoms with Gasteiger partial charge in [0.15, 0.2) is 11.5 Å². The second-order valence-corrected chi connectivity index (χ2v) is 7.88. The summed E-state index contributed by atoms with van der Waals surface area (Å²) >= 11 is 0. The fourth-order valence-electron chi connectivity index (χ4n) is 3.65. The third-order valence-corrected chi connectivity index (χ3v) is 5.40. The number of aryl methyl sites for hydroxylation is 1. The quantitative estimate of drug-likeness (QED) is 0.668. The molecule has 1 saturated heterocycles. The number of methoxy groups -OCH3 is 2. The minimum absolute atomic E-state index is 0.0942. The Balaban J connectivity index is 2.30. The number of fused-ring (bicyclic) bond motifs is 3. The standard InChI is InChI=1S/C24H38N2O4/c1-14(2)9-17-13-26-8-7-16-10-21(28-5)22(29-6)11-18(16)19(26)12-20(17)30-24(27)23(25)15(3)4/h10-11,14-15,17,19-20,23H,7-9,12-13,25H2,1-6H3/t17?,19?,20?,23-/m0/s1/i1D3,7D2,8D2,9D2,14D,20D/t14?,17?,19?,20?,23-. The van der Waals surface area contributed by atoms with Crippen LogP contribution in [0, 0.1) is 17.7 Å². The highest BCUT2D eigenvalue weighted by atomic mass is 16.5. The van der Waals surface area contributed by atoms with Gasteiger partial charge in [-0.25, -0.2) is 0 Å². The third kappa shape index (κ3) is 4.75. The van der Waals surface area contributed by atoms with Gasteiger partial charge in [-0.15, -0.1) is 0 Å². The molecule has 0 spiro atoms. The van der Waals surface area contributed by atoms with Crippen LogP contribution in [0.4, 0.5) is 0 Å². The predicted octanol–water partition coefficient (Wildman–Crippen LogP) is 3.56. The summed E-state index contributed by atoms with van der Waals surface area (Å²) in [6, 6.07) is 0.403. The van der Waals surface area contributed by atoms with Gasteiger partial charge < -0.3 is 19.9 Å². The lowest BCUT2D eigenvalue weighted by atomic mass is 9.79. The predicted molar refractivity (Wildman–Crippen MR) is 118 cm³/mol. The molecule has 1 fully saturated rings. The van der Waals surface area contributed by atoms with Crippen molar-refractivity contribution in [2.75, 3.05) is 27.3 Å². The molecule has 4 unspecified atom stereocenters. The smallest absolute Gasteiger partial charge is 0.323 e. The van der Waals surface area contributed by atoms with Crippen molar-refractivity contribution in [1.82, 2.24) is 4.90 Å². The molecule has 0 aromatic heterocycles. The maximum absolute atomic E-state index is 13.1. The van der Waals surface area contributed by atoms with Crippen LogP contribution in [0.15, 0.2) is 12.1 Å². The van der Waals surface area contributed by atoms with Gasteiger partial charge >= 0.3 is 5.97 Å². The van der Waals surface area contributed by atoms with Gasteiger partial charge in [0.1, 0.15) is 12.1 Å². The number of hydrogen-bond donors (Lipinski definition) is 1. The summed E-state index contributed by atoms with van der Waals surface area (Å²) in [5.41, 5.74) is 6.08. The minimum atomic E-state index is -3.18. The summed E-state index contributed by atoms with van der Waals surface area (Å²) in [7, 11) is 2.70. The summed E-state index contributed by atoms with van der Waals surface area (Å²) in [5.74, 6) is -5.85. The molecule has 0 amide bonds. The second-order valence-electron chi connectivity index (χ2n) is 7.88. The van der Waals surface area contributed by atoms with E-state index in [-0.39, 0.29) is 22.6 Å².